The molecule has 100 valence electrons. The Labute approximate surface area is 115 Å². The van der Waals surface area contributed by atoms with Crippen molar-refractivity contribution < 1.29 is 9.53 Å². The van der Waals surface area contributed by atoms with E-state index in [2.05, 4.69) is 10.1 Å². The monoisotopic (exact) mass is 277 g/mol. The van der Waals surface area contributed by atoms with Crippen molar-refractivity contribution in [3.63, 3.8) is 0 Å². The zero-order valence-electron chi connectivity index (χ0n) is 10.7. The minimum absolute atomic E-state index is 0.354. The molecule has 1 aliphatic rings. The highest BCUT2D eigenvalue weighted by molar-refractivity contribution is 7.99. The number of nitrogens with zero attached hydrogens (tertiary/aromatic N) is 3. The molecule has 0 aromatic carbocycles. The number of esters is 1. The van der Waals surface area contributed by atoms with Gasteiger partial charge in [-0.05, 0) is 36.5 Å². The molecule has 1 saturated heterocycles. The molecule has 19 heavy (non-hydrogen) atoms. The van der Waals surface area contributed by atoms with E-state index < -0.39 is 0 Å². The maximum Gasteiger partial charge on any atom is 0.339 e. The van der Waals surface area contributed by atoms with Crippen molar-refractivity contribution in [3.8, 4) is 0 Å². The summed E-state index contributed by atoms with van der Waals surface area (Å²) >= 11 is 1.99. The predicted molar refractivity (Wildman–Crippen MR) is 73.6 cm³/mol. The smallest absolute Gasteiger partial charge is 0.339 e. The van der Waals surface area contributed by atoms with E-state index in [1.807, 2.05) is 11.8 Å². The molecular weight excluding hydrogens is 262 g/mol. The van der Waals surface area contributed by atoms with Gasteiger partial charge in [-0.25, -0.2) is 14.3 Å². The summed E-state index contributed by atoms with van der Waals surface area (Å²) in [4.78, 5) is 16.0. The van der Waals surface area contributed by atoms with Crippen LogP contribution in [0.1, 0.15) is 34.9 Å². The van der Waals surface area contributed by atoms with Crippen molar-refractivity contribution in [1.29, 1.82) is 0 Å². The third kappa shape index (κ3) is 2.45. The molecule has 0 atom stereocenters. The number of thioether (sulfide) groups is 1. The Kier molecular flexibility index (Phi) is 3.42. The van der Waals surface area contributed by atoms with Crippen LogP contribution in [0, 0.1) is 0 Å². The summed E-state index contributed by atoms with van der Waals surface area (Å²) in [6.45, 7) is 0. The maximum absolute atomic E-state index is 11.5. The summed E-state index contributed by atoms with van der Waals surface area (Å²) in [5.74, 6) is 3.33. The molecule has 3 heterocycles. The molecule has 6 heteroatoms. The van der Waals surface area contributed by atoms with Gasteiger partial charge in [-0.3, -0.25) is 0 Å². The van der Waals surface area contributed by atoms with Crippen molar-refractivity contribution >= 4 is 23.4 Å². The van der Waals surface area contributed by atoms with Gasteiger partial charge in [0, 0.05) is 12.1 Å². The standard InChI is InChI=1S/C13H15N3O2S/c1-18-13(17)10-2-3-11-14-12(15-16(11)8-10)9-4-6-19-7-5-9/h2-3,8-9H,4-7H2,1H3. The van der Waals surface area contributed by atoms with Crippen LogP contribution in [0.25, 0.3) is 5.65 Å². The topological polar surface area (TPSA) is 56.5 Å². The lowest BCUT2D eigenvalue weighted by Crippen LogP contribution is -2.09. The Balaban J connectivity index is 1.93. The van der Waals surface area contributed by atoms with Crippen molar-refractivity contribution in [2.75, 3.05) is 18.6 Å². The van der Waals surface area contributed by atoms with Crippen LogP contribution in [-0.4, -0.2) is 39.2 Å². The molecule has 1 aliphatic heterocycles. The number of hydrogen-bond acceptors (Lipinski definition) is 5. The van der Waals surface area contributed by atoms with Crippen LogP contribution >= 0.6 is 11.8 Å². The number of carbonyl (C=O) groups excluding carboxylic acids is 1. The second-order valence-corrected chi connectivity index (χ2v) is 5.79. The van der Waals surface area contributed by atoms with E-state index in [0.717, 1.165) is 24.3 Å². The number of methoxy groups -OCH3 is 1. The Morgan fingerprint density at radius 2 is 2.21 bits per heavy atom. The van der Waals surface area contributed by atoms with Gasteiger partial charge in [0.1, 0.15) is 0 Å². The summed E-state index contributed by atoms with van der Waals surface area (Å²) < 4.78 is 6.38. The second kappa shape index (κ2) is 5.21. The molecular formula is C13H15N3O2S. The first kappa shape index (κ1) is 12.5. The van der Waals surface area contributed by atoms with Crippen LogP contribution in [0.15, 0.2) is 18.3 Å². The van der Waals surface area contributed by atoms with Gasteiger partial charge in [-0.15, -0.1) is 0 Å². The molecule has 0 saturated carbocycles. The van der Waals surface area contributed by atoms with E-state index in [1.54, 1.807) is 22.8 Å². The fraction of sp³-hybridized carbons (Fsp3) is 0.462. The number of hydrogen-bond donors (Lipinski definition) is 0. The summed E-state index contributed by atoms with van der Waals surface area (Å²) in [6, 6.07) is 3.52. The molecule has 0 N–H and O–H groups in total. The Morgan fingerprint density at radius 1 is 1.42 bits per heavy atom. The first-order valence-corrected chi connectivity index (χ1v) is 7.46. The fourth-order valence-electron chi connectivity index (χ4n) is 2.27. The van der Waals surface area contributed by atoms with Gasteiger partial charge in [0.25, 0.3) is 0 Å². The van der Waals surface area contributed by atoms with Crippen LogP contribution in [0.5, 0.6) is 0 Å². The molecule has 0 unspecified atom stereocenters. The average molecular weight is 277 g/mol. The predicted octanol–water partition coefficient (Wildman–Crippen LogP) is 2.13. The number of fused-ring (bicyclic) bond motifs is 1. The summed E-state index contributed by atoms with van der Waals surface area (Å²) in [5, 5.41) is 4.50. The van der Waals surface area contributed by atoms with E-state index in [9.17, 15) is 4.79 Å². The molecule has 5 nitrogen and oxygen atoms in total. The van der Waals surface area contributed by atoms with Crippen LogP contribution in [-0.2, 0) is 4.74 Å². The molecule has 3 rings (SSSR count). The van der Waals surface area contributed by atoms with Gasteiger partial charge in [0.15, 0.2) is 11.5 Å². The first-order chi connectivity index (χ1) is 9.28. The third-order valence-electron chi connectivity index (χ3n) is 3.35. The molecule has 0 radical (unpaired) electrons. The summed E-state index contributed by atoms with van der Waals surface area (Å²) in [7, 11) is 1.37. The van der Waals surface area contributed by atoms with E-state index in [1.165, 1.54) is 18.6 Å². The maximum atomic E-state index is 11.5. The van der Waals surface area contributed by atoms with Crippen molar-refractivity contribution in [2.45, 2.75) is 18.8 Å². The van der Waals surface area contributed by atoms with Gasteiger partial charge < -0.3 is 4.74 Å². The molecule has 1 fully saturated rings. The summed E-state index contributed by atoms with van der Waals surface area (Å²) in [6.07, 6.45) is 3.94. The highest BCUT2D eigenvalue weighted by Crippen LogP contribution is 2.29. The van der Waals surface area contributed by atoms with Crippen molar-refractivity contribution in [2.24, 2.45) is 0 Å². The van der Waals surface area contributed by atoms with Gasteiger partial charge in [-0.1, -0.05) is 0 Å². The highest BCUT2D eigenvalue weighted by atomic mass is 32.2. The molecule has 0 spiro atoms. The second-order valence-electron chi connectivity index (χ2n) is 4.57. The number of ether oxygens (including phenoxy) is 1. The Morgan fingerprint density at radius 3 is 2.95 bits per heavy atom. The Hall–Kier alpha value is -1.56. The van der Waals surface area contributed by atoms with Gasteiger partial charge in [0.2, 0.25) is 0 Å². The van der Waals surface area contributed by atoms with Gasteiger partial charge >= 0.3 is 5.97 Å². The SMILES string of the molecule is COC(=O)c1ccc2nc(C3CCSCC3)nn2c1. The minimum atomic E-state index is -0.354. The van der Waals surface area contributed by atoms with E-state index in [4.69, 9.17) is 4.74 Å². The fourth-order valence-corrected chi connectivity index (χ4v) is 3.37. The van der Waals surface area contributed by atoms with E-state index >= 15 is 0 Å². The number of carbonyl (C=O) groups is 1. The zero-order chi connectivity index (χ0) is 13.2. The quantitative estimate of drug-likeness (QED) is 0.787. The number of aromatic nitrogens is 3. The average Bonchev–Trinajstić information content (AvgIpc) is 2.90. The number of pyridine rings is 1. The van der Waals surface area contributed by atoms with Gasteiger partial charge in [0.05, 0.1) is 12.7 Å². The van der Waals surface area contributed by atoms with Crippen molar-refractivity contribution in [3.05, 3.63) is 29.7 Å². The lowest BCUT2D eigenvalue weighted by atomic mass is 10.0. The highest BCUT2D eigenvalue weighted by Gasteiger charge is 2.20. The molecule has 0 bridgehead atoms. The molecule has 0 aliphatic carbocycles. The largest absolute Gasteiger partial charge is 0.465 e. The normalized spacial score (nSPS) is 16.7. The number of rotatable bonds is 2. The van der Waals surface area contributed by atoms with Crippen molar-refractivity contribution in [1.82, 2.24) is 14.6 Å². The minimum Gasteiger partial charge on any atom is -0.465 e. The molecule has 2 aromatic heterocycles. The van der Waals surface area contributed by atoms with Crippen LogP contribution < -0.4 is 0 Å². The van der Waals surface area contributed by atoms with Crippen LogP contribution in [0.3, 0.4) is 0 Å². The van der Waals surface area contributed by atoms with Crippen LogP contribution in [0.2, 0.25) is 0 Å². The lowest BCUT2D eigenvalue weighted by Gasteiger charge is -2.17. The van der Waals surface area contributed by atoms with Gasteiger partial charge in [-0.2, -0.15) is 16.9 Å². The lowest BCUT2D eigenvalue weighted by molar-refractivity contribution is 0.0600. The van der Waals surface area contributed by atoms with E-state index in [0.29, 0.717) is 11.5 Å². The third-order valence-corrected chi connectivity index (χ3v) is 4.40. The van der Waals surface area contributed by atoms with E-state index in [-0.39, 0.29) is 5.97 Å². The molecule has 0 amide bonds. The van der Waals surface area contributed by atoms with Crippen LogP contribution in [0.4, 0.5) is 0 Å². The zero-order valence-corrected chi connectivity index (χ0v) is 11.5. The Bertz CT molecular complexity index is 605. The molecule has 2 aromatic rings. The first-order valence-electron chi connectivity index (χ1n) is 6.30. The summed E-state index contributed by atoms with van der Waals surface area (Å²) in [5.41, 5.74) is 1.27.